The van der Waals surface area contributed by atoms with E-state index in [0.29, 0.717) is 13.0 Å². The molecule has 2 nitrogen and oxygen atoms in total. The van der Waals surface area contributed by atoms with Crippen LogP contribution in [0.1, 0.15) is 22.3 Å². The van der Waals surface area contributed by atoms with Crippen LogP contribution in [-0.4, -0.2) is 17.9 Å². The lowest BCUT2D eigenvalue weighted by molar-refractivity contribution is -0.129. The van der Waals surface area contributed by atoms with Crippen molar-refractivity contribution in [2.24, 2.45) is 0 Å². The molecule has 0 heterocycles. The smallest absolute Gasteiger partial charge is 0.227 e. The molecule has 0 aliphatic rings. The zero-order valence-corrected chi connectivity index (χ0v) is 14.3. The Morgan fingerprint density at radius 3 is 2.43 bits per heavy atom. The number of hydrogen-bond acceptors (Lipinski definition) is 1. The van der Waals surface area contributed by atoms with Crippen LogP contribution in [-0.2, 0) is 17.8 Å². The number of carbonyl (C=O) groups is 1. The van der Waals surface area contributed by atoms with Crippen LogP contribution in [0.15, 0.2) is 46.9 Å². The SMILES string of the molecule is Cc1ccc(C)c(CC(=O)N(C)Cc2ccc(Br)cc2)c1. The second-order valence-corrected chi connectivity index (χ2v) is 6.40. The molecule has 1 amide bonds. The van der Waals surface area contributed by atoms with Crippen molar-refractivity contribution in [1.82, 2.24) is 4.90 Å². The second-order valence-electron chi connectivity index (χ2n) is 5.48. The summed E-state index contributed by atoms with van der Waals surface area (Å²) < 4.78 is 1.05. The number of carbonyl (C=O) groups excluding carboxylic acids is 1. The molecule has 2 aromatic carbocycles. The van der Waals surface area contributed by atoms with E-state index in [4.69, 9.17) is 0 Å². The van der Waals surface area contributed by atoms with Crippen LogP contribution >= 0.6 is 15.9 Å². The maximum atomic E-state index is 12.4. The van der Waals surface area contributed by atoms with E-state index >= 15 is 0 Å². The molecular weight excluding hydrogens is 326 g/mol. The molecule has 0 aliphatic heterocycles. The van der Waals surface area contributed by atoms with Gasteiger partial charge in [0.05, 0.1) is 6.42 Å². The number of hydrogen-bond donors (Lipinski definition) is 0. The summed E-state index contributed by atoms with van der Waals surface area (Å²) in [5.74, 6) is 0.145. The molecule has 0 N–H and O–H groups in total. The fourth-order valence-corrected chi connectivity index (χ4v) is 2.50. The highest BCUT2D eigenvalue weighted by molar-refractivity contribution is 9.10. The van der Waals surface area contributed by atoms with Crippen molar-refractivity contribution in [2.75, 3.05) is 7.05 Å². The third-order valence-corrected chi connectivity index (χ3v) is 4.13. The summed E-state index contributed by atoms with van der Waals surface area (Å²) in [4.78, 5) is 14.1. The maximum absolute atomic E-state index is 12.4. The third kappa shape index (κ3) is 4.43. The number of rotatable bonds is 4. The van der Waals surface area contributed by atoms with Gasteiger partial charge in [0.15, 0.2) is 0 Å². The van der Waals surface area contributed by atoms with Gasteiger partial charge in [0.1, 0.15) is 0 Å². The Labute approximate surface area is 134 Å². The first-order valence-electron chi connectivity index (χ1n) is 7.00. The monoisotopic (exact) mass is 345 g/mol. The van der Waals surface area contributed by atoms with Crippen molar-refractivity contribution < 1.29 is 4.79 Å². The first-order chi connectivity index (χ1) is 9.95. The number of amides is 1. The average molecular weight is 346 g/mol. The van der Waals surface area contributed by atoms with Crippen LogP contribution in [0.3, 0.4) is 0 Å². The van der Waals surface area contributed by atoms with Gasteiger partial charge in [-0.05, 0) is 42.7 Å². The fourth-order valence-electron chi connectivity index (χ4n) is 2.24. The summed E-state index contributed by atoms with van der Waals surface area (Å²) in [5.41, 5.74) is 4.61. The molecule has 2 aromatic rings. The van der Waals surface area contributed by atoms with E-state index < -0.39 is 0 Å². The lowest BCUT2D eigenvalue weighted by Crippen LogP contribution is -2.27. The minimum atomic E-state index is 0.145. The van der Waals surface area contributed by atoms with Crippen LogP contribution in [0, 0.1) is 13.8 Å². The molecule has 0 spiro atoms. The van der Waals surface area contributed by atoms with Gasteiger partial charge in [0.25, 0.3) is 0 Å². The summed E-state index contributed by atoms with van der Waals surface area (Å²) in [5, 5.41) is 0. The van der Waals surface area contributed by atoms with E-state index in [1.807, 2.05) is 31.3 Å². The van der Waals surface area contributed by atoms with Gasteiger partial charge in [-0.15, -0.1) is 0 Å². The summed E-state index contributed by atoms with van der Waals surface area (Å²) in [7, 11) is 1.86. The zero-order valence-electron chi connectivity index (χ0n) is 12.7. The topological polar surface area (TPSA) is 20.3 Å². The van der Waals surface area contributed by atoms with E-state index in [1.54, 1.807) is 4.90 Å². The van der Waals surface area contributed by atoms with Gasteiger partial charge in [-0.1, -0.05) is 51.8 Å². The number of likely N-dealkylation sites (N-methyl/N-ethyl adjacent to an activating group) is 1. The number of aryl methyl sites for hydroxylation is 2. The van der Waals surface area contributed by atoms with Gasteiger partial charge in [0, 0.05) is 18.1 Å². The average Bonchev–Trinajstić information content (AvgIpc) is 2.45. The predicted molar refractivity (Wildman–Crippen MR) is 90.2 cm³/mol. The lowest BCUT2D eigenvalue weighted by atomic mass is 10.0. The molecule has 0 atom stereocenters. The molecule has 0 saturated carbocycles. The van der Waals surface area contributed by atoms with Gasteiger partial charge < -0.3 is 4.90 Å². The van der Waals surface area contributed by atoms with E-state index in [1.165, 1.54) is 11.1 Å². The molecule has 0 aromatic heterocycles. The Bertz CT molecular complexity index is 634. The van der Waals surface area contributed by atoms with Crippen LogP contribution in [0.5, 0.6) is 0 Å². The Hall–Kier alpha value is -1.61. The van der Waals surface area contributed by atoms with Crippen LogP contribution in [0.2, 0.25) is 0 Å². The number of halogens is 1. The molecule has 2 rings (SSSR count). The highest BCUT2D eigenvalue weighted by atomic mass is 79.9. The van der Waals surface area contributed by atoms with Gasteiger partial charge >= 0.3 is 0 Å². The second kappa shape index (κ2) is 6.90. The Kier molecular flexibility index (Phi) is 5.18. The summed E-state index contributed by atoms with van der Waals surface area (Å²) >= 11 is 3.42. The standard InChI is InChI=1S/C18H20BrNO/c1-13-4-5-14(2)16(10-13)11-18(21)20(3)12-15-6-8-17(19)9-7-15/h4-10H,11-12H2,1-3H3. The molecule has 0 radical (unpaired) electrons. The molecule has 0 unspecified atom stereocenters. The third-order valence-electron chi connectivity index (χ3n) is 3.61. The van der Waals surface area contributed by atoms with E-state index in [9.17, 15) is 4.79 Å². The van der Waals surface area contributed by atoms with Crippen LogP contribution in [0.4, 0.5) is 0 Å². The first kappa shape index (κ1) is 15.8. The van der Waals surface area contributed by atoms with Crippen molar-refractivity contribution in [1.29, 1.82) is 0 Å². The van der Waals surface area contributed by atoms with Gasteiger partial charge in [-0.3, -0.25) is 4.79 Å². The summed E-state index contributed by atoms with van der Waals surface area (Å²) in [6.45, 7) is 4.74. The molecule has 0 fully saturated rings. The number of benzene rings is 2. The summed E-state index contributed by atoms with van der Waals surface area (Å²) in [6.07, 6.45) is 0.459. The van der Waals surface area contributed by atoms with Crippen molar-refractivity contribution in [3.05, 3.63) is 69.2 Å². The minimum absolute atomic E-state index is 0.145. The Morgan fingerprint density at radius 1 is 1.10 bits per heavy atom. The van der Waals surface area contributed by atoms with Crippen LogP contribution < -0.4 is 0 Å². The van der Waals surface area contributed by atoms with Gasteiger partial charge in [0.2, 0.25) is 5.91 Å². The highest BCUT2D eigenvalue weighted by Crippen LogP contribution is 2.14. The molecule has 0 saturated heterocycles. The molecule has 0 bridgehead atoms. The Balaban J connectivity index is 2.02. The maximum Gasteiger partial charge on any atom is 0.227 e. The molecular formula is C18H20BrNO. The molecule has 21 heavy (non-hydrogen) atoms. The first-order valence-corrected chi connectivity index (χ1v) is 7.79. The van der Waals surface area contributed by atoms with E-state index in [-0.39, 0.29) is 5.91 Å². The molecule has 110 valence electrons. The number of nitrogens with zero attached hydrogens (tertiary/aromatic N) is 1. The lowest BCUT2D eigenvalue weighted by Gasteiger charge is -2.18. The summed E-state index contributed by atoms with van der Waals surface area (Å²) in [6, 6.07) is 14.3. The van der Waals surface area contributed by atoms with Crippen molar-refractivity contribution >= 4 is 21.8 Å². The Morgan fingerprint density at radius 2 is 1.76 bits per heavy atom. The predicted octanol–water partition coefficient (Wildman–Crippen LogP) is 4.27. The van der Waals surface area contributed by atoms with E-state index in [2.05, 4.69) is 48.0 Å². The minimum Gasteiger partial charge on any atom is -0.341 e. The van der Waals surface area contributed by atoms with Crippen molar-refractivity contribution in [2.45, 2.75) is 26.8 Å². The van der Waals surface area contributed by atoms with Crippen molar-refractivity contribution in [3.63, 3.8) is 0 Å². The van der Waals surface area contributed by atoms with Crippen molar-refractivity contribution in [3.8, 4) is 0 Å². The van der Waals surface area contributed by atoms with Gasteiger partial charge in [-0.25, -0.2) is 0 Å². The fraction of sp³-hybridized carbons (Fsp3) is 0.278. The largest absolute Gasteiger partial charge is 0.341 e. The van der Waals surface area contributed by atoms with E-state index in [0.717, 1.165) is 15.6 Å². The van der Waals surface area contributed by atoms with Gasteiger partial charge in [-0.2, -0.15) is 0 Å². The van der Waals surface area contributed by atoms with Crippen LogP contribution in [0.25, 0.3) is 0 Å². The molecule has 3 heteroatoms. The molecule has 0 aliphatic carbocycles. The normalized spacial score (nSPS) is 10.5. The quantitative estimate of drug-likeness (QED) is 0.810. The zero-order chi connectivity index (χ0) is 15.4. The highest BCUT2D eigenvalue weighted by Gasteiger charge is 2.11.